The molecule has 4 heteroatoms. The Bertz CT molecular complexity index is 235. The molecule has 0 radical (unpaired) electrons. The Labute approximate surface area is 75.7 Å². The van der Waals surface area contributed by atoms with Crippen molar-refractivity contribution in [3.63, 3.8) is 0 Å². The molecule has 0 amide bonds. The highest BCUT2D eigenvalue weighted by Gasteiger charge is 2.07. The lowest BCUT2D eigenvalue weighted by Gasteiger charge is -2.01. The Morgan fingerprint density at radius 3 is 2.60 bits per heavy atom. The second-order valence-electron chi connectivity index (χ2n) is 1.91. The molecule has 1 heterocycles. The first-order valence-electron chi connectivity index (χ1n) is 2.66. The monoisotopic (exact) mass is 265 g/mol. The lowest BCUT2D eigenvalue weighted by molar-refractivity contribution is -0.617. The molecule has 10 heavy (non-hydrogen) atoms. The SMILES string of the molecule is Cc1c(Br)cc[n+]([O-])c1Br. The van der Waals surface area contributed by atoms with Gasteiger partial charge < -0.3 is 5.21 Å². The average Bonchev–Trinajstić information content (AvgIpc) is 1.93. The maximum atomic E-state index is 10.8. The summed E-state index contributed by atoms with van der Waals surface area (Å²) >= 11 is 6.45. The van der Waals surface area contributed by atoms with Gasteiger partial charge in [-0.05, 0) is 6.92 Å². The van der Waals surface area contributed by atoms with Crippen LogP contribution in [0.15, 0.2) is 21.3 Å². The predicted octanol–water partition coefficient (Wildman–Crippen LogP) is 2.15. The van der Waals surface area contributed by atoms with E-state index < -0.39 is 0 Å². The Morgan fingerprint density at radius 2 is 2.10 bits per heavy atom. The topological polar surface area (TPSA) is 26.9 Å². The zero-order valence-corrected chi connectivity index (χ0v) is 8.44. The van der Waals surface area contributed by atoms with Crippen molar-refractivity contribution in [2.45, 2.75) is 6.92 Å². The molecule has 0 aliphatic carbocycles. The van der Waals surface area contributed by atoms with Crippen LogP contribution in [0.1, 0.15) is 5.56 Å². The van der Waals surface area contributed by atoms with Crippen molar-refractivity contribution < 1.29 is 4.73 Å². The molecule has 0 saturated carbocycles. The van der Waals surface area contributed by atoms with E-state index in [0.717, 1.165) is 14.8 Å². The highest BCUT2D eigenvalue weighted by Crippen LogP contribution is 2.19. The Balaban J connectivity index is 3.34. The van der Waals surface area contributed by atoms with Gasteiger partial charge in [-0.2, -0.15) is 4.73 Å². The van der Waals surface area contributed by atoms with E-state index in [-0.39, 0.29) is 0 Å². The van der Waals surface area contributed by atoms with E-state index in [4.69, 9.17) is 0 Å². The van der Waals surface area contributed by atoms with E-state index in [1.165, 1.54) is 6.20 Å². The maximum Gasteiger partial charge on any atom is 0.263 e. The summed E-state index contributed by atoms with van der Waals surface area (Å²) in [6, 6.07) is 1.72. The van der Waals surface area contributed by atoms with Crippen LogP contribution in [0, 0.1) is 12.1 Å². The highest BCUT2D eigenvalue weighted by atomic mass is 79.9. The summed E-state index contributed by atoms with van der Waals surface area (Å²) in [4.78, 5) is 0. The zero-order chi connectivity index (χ0) is 7.72. The van der Waals surface area contributed by atoms with E-state index in [0.29, 0.717) is 4.60 Å². The molecule has 0 aliphatic heterocycles. The van der Waals surface area contributed by atoms with Gasteiger partial charge in [0.1, 0.15) is 0 Å². The number of hydrogen-bond acceptors (Lipinski definition) is 1. The molecule has 0 aromatic carbocycles. The molecular formula is C6H5Br2NO. The summed E-state index contributed by atoms with van der Waals surface area (Å²) in [6.07, 6.45) is 1.45. The third-order valence-corrected chi connectivity index (χ3v) is 3.02. The summed E-state index contributed by atoms with van der Waals surface area (Å²) in [5, 5.41) is 10.8. The molecule has 1 aromatic heterocycles. The lowest BCUT2D eigenvalue weighted by atomic mass is 10.3. The Morgan fingerprint density at radius 1 is 1.50 bits per heavy atom. The maximum absolute atomic E-state index is 10.8. The summed E-state index contributed by atoms with van der Waals surface area (Å²) < 4.78 is 2.27. The van der Waals surface area contributed by atoms with Gasteiger partial charge in [0.25, 0.3) is 4.60 Å². The molecule has 54 valence electrons. The van der Waals surface area contributed by atoms with Crippen molar-refractivity contribution >= 4 is 31.9 Å². The average molecular weight is 267 g/mol. The van der Waals surface area contributed by atoms with Crippen molar-refractivity contribution in [2.24, 2.45) is 0 Å². The van der Waals surface area contributed by atoms with Crippen molar-refractivity contribution in [3.8, 4) is 0 Å². The van der Waals surface area contributed by atoms with Gasteiger partial charge in [0.15, 0.2) is 6.20 Å². The first kappa shape index (κ1) is 8.01. The van der Waals surface area contributed by atoms with Crippen LogP contribution in [-0.4, -0.2) is 0 Å². The van der Waals surface area contributed by atoms with Crippen molar-refractivity contribution in [1.82, 2.24) is 0 Å². The van der Waals surface area contributed by atoms with Crippen LogP contribution in [0.2, 0.25) is 0 Å². The number of nitrogens with zero attached hydrogens (tertiary/aromatic N) is 1. The fourth-order valence-corrected chi connectivity index (χ4v) is 1.49. The second-order valence-corrected chi connectivity index (χ2v) is 3.51. The van der Waals surface area contributed by atoms with E-state index in [9.17, 15) is 5.21 Å². The number of pyridine rings is 1. The molecule has 0 fully saturated rings. The summed E-state index contributed by atoms with van der Waals surface area (Å²) in [5.74, 6) is 0. The minimum atomic E-state index is 0.557. The summed E-state index contributed by atoms with van der Waals surface area (Å²) in [6.45, 7) is 1.86. The Hall–Kier alpha value is -0.0900. The fraction of sp³-hybridized carbons (Fsp3) is 0.167. The van der Waals surface area contributed by atoms with Crippen LogP contribution in [-0.2, 0) is 0 Å². The van der Waals surface area contributed by atoms with Gasteiger partial charge in [-0.1, -0.05) is 15.9 Å². The second kappa shape index (κ2) is 2.88. The summed E-state index contributed by atoms with van der Waals surface area (Å²) in [7, 11) is 0. The highest BCUT2D eigenvalue weighted by molar-refractivity contribution is 9.11. The van der Waals surface area contributed by atoms with Crippen LogP contribution in [0.25, 0.3) is 0 Å². The van der Waals surface area contributed by atoms with E-state index >= 15 is 0 Å². The molecule has 1 rings (SSSR count). The minimum Gasteiger partial charge on any atom is -0.618 e. The third kappa shape index (κ3) is 1.32. The van der Waals surface area contributed by atoms with Gasteiger partial charge in [0.05, 0.1) is 0 Å². The minimum absolute atomic E-state index is 0.557. The first-order chi connectivity index (χ1) is 4.63. The van der Waals surface area contributed by atoms with Gasteiger partial charge in [-0.25, -0.2) is 0 Å². The van der Waals surface area contributed by atoms with Crippen molar-refractivity contribution in [3.05, 3.63) is 32.1 Å². The quantitative estimate of drug-likeness (QED) is 0.402. The number of hydrogen-bond donors (Lipinski definition) is 0. The molecule has 0 bridgehead atoms. The fourth-order valence-electron chi connectivity index (χ4n) is 0.587. The largest absolute Gasteiger partial charge is 0.618 e. The molecule has 0 atom stereocenters. The van der Waals surface area contributed by atoms with Gasteiger partial charge in [0, 0.05) is 32.0 Å². The Kier molecular flexibility index (Phi) is 2.31. The van der Waals surface area contributed by atoms with Gasteiger partial charge in [0.2, 0.25) is 0 Å². The molecular weight excluding hydrogens is 262 g/mol. The molecule has 2 nitrogen and oxygen atoms in total. The normalized spacial score (nSPS) is 9.90. The first-order valence-corrected chi connectivity index (χ1v) is 4.25. The van der Waals surface area contributed by atoms with Crippen LogP contribution >= 0.6 is 31.9 Å². The number of aromatic nitrogens is 1. The third-order valence-electron chi connectivity index (χ3n) is 1.22. The molecule has 0 aliphatic rings. The van der Waals surface area contributed by atoms with Crippen LogP contribution < -0.4 is 4.73 Å². The van der Waals surface area contributed by atoms with E-state index in [1.807, 2.05) is 6.92 Å². The standard InChI is InChI=1S/C6H5Br2NO/c1-4-5(7)2-3-9(10)6(4)8/h2-3H,1H3. The van der Waals surface area contributed by atoms with Gasteiger partial charge in [-0.3, -0.25) is 0 Å². The van der Waals surface area contributed by atoms with Crippen LogP contribution in [0.4, 0.5) is 0 Å². The predicted molar refractivity (Wildman–Crippen MR) is 45.5 cm³/mol. The van der Waals surface area contributed by atoms with Crippen LogP contribution in [0.3, 0.4) is 0 Å². The smallest absolute Gasteiger partial charge is 0.263 e. The van der Waals surface area contributed by atoms with Gasteiger partial charge >= 0.3 is 0 Å². The molecule has 0 saturated heterocycles. The van der Waals surface area contributed by atoms with Gasteiger partial charge in [-0.15, -0.1) is 0 Å². The molecule has 0 unspecified atom stereocenters. The molecule has 0 N–H and O–H groups in total. The zero-order valence-electron chi connectivity index (χ0n) is 5.27. The van der Waals surface area contributed by atoms with Crippen molar-refractivity contribution in [1.29, 1.82) is 0 Å². The summed E-state index contributed by atoms with van der Waals surface area (Å²) in [5.41, 5.74) is 0.914. The molecule has 0 spiro atoms. The number of rotatable bonds is 0. The molecule has 1 aromatic rings. The van der Waals surface area contributed by atoms with Crippen molar-refractivity contribution in [2.75, 3.05) is 0 Å². The number of halogens is 2. The van der Waals surface area contributed by atoms with E-state index in [1.54, 1.807) is 6.07 Å². The van der Waals surface area contributed by atoms with E-state index in [2.05, 4.69) is 31.9 Å². The van der Waals surface area contributed by atoms with Crippen LogP contribution in [0.5, 0.6) is 0 Å². The lowest BCUT2D eigenvalue weighted by Crippen LogP contribution is -2.27.